The second kappa shape index (κ2) is 13.7. The molecule has 3 heterocycles. The number of H-pyrrole nitrogens is 1. The number of likely N-dealkylation sites (N-methyl/N-ethyl adjacent to an activating group) is 1. The molecule has 224 valence electrons. The number of aliphatic imine (C=N–C) groups is 1. The van der Waals surface area contributed by atoms with Crippen LogP contribution >= 0.6 is 0 Å². The van der Waals surface area contributed by atoms with Crippen molar-refractivity contribution in [3.63, 3.8) is 0 Å². The van der Waals surface area contributed by atoms with Gasteiger partial charge in [-0.05, 0) is 61.0 Å². The highest BCUT2D eigenvalue weighted by Crippen LogP contribution is 2.30. The Morgan fingerprint density at radius 3 is 2.60 bits per heavy atom. The van der Waals surface area contributed by atoms with Crippen molar-refractivity contribution in [2.24, 2.45) is 4.99 Å². The molecule has 0 bridgehead atoms. The molecule has 0 radical (unpaired) electrons. The lowest BCUT2D eigenvalue weighted by Gasteiger charge is -2.32. The first kappa shape index (κ1) is 30.0. The topological polar surface area (TPSA) is 95.1 Å². The van der Waals surface area contributed by atoms with E-state index in [0.717, 1.165) is 66.0 Å². The number of aromatic nitrogens is 2. The first-order chi connectivity index (χ1) is 20.9. The van der Waals surface area contributed by atoms with E-state index in [-0.39, 0.29) is 11.9 Å². The molecule has 0 saturated carbocycles. The van der Waals surface area contributed by atoms with Crippen molar-refractivity contribution in [3.05, 3.63) is 83.2 Å². The average Bonchev–Trinajstić information content (AvgIpc) is 3.43. The minimum atomic E-state index is -0.268. The molecule has 2 aromatic carbocycles. The minimum Gasteiger partial charge on any atom is -0.493 e. The van der Waals surface area contributed by atoms with Gasteiger partial charge in [0, 0.05) is 74.9 Å². The number of nitrogens with one attached hydrogen (secondary N) is 2. The predicted octanol–water partition coefficient (Wildman–Crippen LogP) is 4.96. The number of hydrogen-bond acceptors (Lipinski definition) is 7. The van der Waals surface area contributed by atoms with E-state index in [4.69, 9.17) is 14.5 Å². The van der Waals surface area contributed by atoms with Gasteiger partial charge in [0.15, 0.2) is 11.5 Å². The first-order valence-corrected chi connectivity index (χ1v) is 14.5. The number of pyridine rings is 1. The van der Waals surface area contributed by atoms with Crippen LogP contribution in [-0.2, 0) is 11.3 Å². The van der Waals surface area contributed by atoms with Crippen molar-refractivity contribution < 1.29 is 14.3 Å². The highest BCUT2D eigenvalue weighted by atomic mass is 16.5. The Morgan fingerprint density at radius 1 is 1.07 bits per heavy atom. The van der Waals surface area contributed by atoms with Gasteiger partial charge in [-0.2, -0.15) is 0 Å². The van der Waals surface area contributed by atoms with E-state index in [2.05, 4.69) is 62.5 Å². The van der Waals surface area contributed by atoms with Gasteiger partial charge < -0.3 is 24.7 Å². The van der Waals surface area contributed by atoms with Gasteiger partial charge in [0.2, 0.25) is 0 Å². The van der Waals surface area contributed by atoms with Crippen molar-refractivity contribution >= 4 is 29.2 Å². The maximum Gasteiger partial charge on any atom is 0.253 e. The number of carbonyl (C=O) groups is 1. The van der Waals surface area contributed by atoms with Gasteiger partial charge in [0.25, 0.3) is 5.91 Å². The van der Waals surface area contributed by atoms with Gasteiger partial charge in [0.1, 0.15) is 5.65 Å². The fourth-order valence-electron chi connectivity index (χ4n) is 5.37. The standard InChI is InChI=1S/C34H40N6O3/c1-23(25-9-10-31(42-4)32(18-25)43-5)38-34(41)29(19-35-2)16-28-21-37-33-30(28)17-27(20-36-33)26-8-6-7-24(15-26)22-40-13-11-39(3)12-14-40/h6-10,15-21,23H,11-14,22H2,1-5H3,(H,36,37)(H,38,41)/b29-16+,35-19?/t23-/m1/s1. The number of benzene rings is 2. The molecule has 4 aromatic rings. The Balaban J connectivity index is 1.37. The molecule has 5 rings (SSSR count). The van der Waals surface area contributed by atoms with Crippen LogP contribution in [0.25, 0.3) is 28.2 Å². The normalized spacial score (nSPS) is 15.6. The van der Waals surface area contributed by atoms with Crippen LogP contribution in [0.2, 0.25) is 0 Å². The van der Waals surface area contributed by atoms with Crippen molar-refractivity contribution in [2.45, 2.75) is 19.5 Å². The number of carbonyl (C=O) groups excluding carboxylic acids is 1. The highest BCUT2D eigenvalue weighted by Gasteiger charge is 2.17. The Hall–Kier alpha value is -4.47. The van der Waals surface area contributed by atoms with Crippen LogP contribution < -0.4 is 14.8 Å². The van der Waals surface area contributed by atoms with E-state index in [1.165, 1.54) is 5.56 Å². The van der Waals surface area contributed by atoms with Crippen molar-refractivity contribution in [2.75, 3.05) is 54.5 Å². The van der Waals surface area contributed by atoms with Crippen LogP contribution in [0.4, 0.5) is 0 Å². The number of rotatable bonds is 10. The molecule has 0 spiro atoms. The minimum absolute atomic E-state index is 0.233. The van der Waals surface area contributed by atoms with Crippen molar-refractivity contribution in [1.82, 2.24) is 25.1 Å². The average molecular weight is 581 g/mol. The largest absolute Gasteiger partial charge is 0.493 e. The fourth-order valence-corrected chi connectivity index (χ4v) is 5.37. The van der Waals surface area contributed by atoms with E-state index < -0.39 is 0 Å². The number of nitrogens with zero attached hydrogens (tertiary/aromatic N) is 4. The summed E-state index contributed by atoms with van der Waals surface area (Å²) in [5.74, 6) is 1.01. The molecule has 0 aliphatic carbocycles. The monoisotopic (exact) mass is 580 g/mol. The summed E-state index contributed by atoms with van der Waals surface area (Å²) in [4.78, 5) is 30.4. The number of ether oxygens (including phenoxy) is 2. The molecule has 0 unspecified atom stereocenters. The second-order valence-corrected chi connectivity index (χ2v) is 10.9. The van der Waals surface area contributed by atoms with E-state index in [1.807, 2.05) is 43.6 Å². The van der Waals surface area contributed by atoms with E-state index in [0.29, 0.717) is 17.1 Å². The SMILES string of the molecule is CN=C/C(=C\c1c[nH]c2ncc(-c3cccc(CN4CCN(C)CC4)c3)cc12)C(=O)N[C@H](C)c1ccc(OC)c(OC)c1. The van der Waals surface area contributed by atoms with E-state index >= 15 is 0 Å². The van der Waals surface area contributed by atoms with Crippen LogP contribution in [0.1, 0.15) is 29.7 Å². The zero-order chi connectivity index (χ0) is 30.3. The third-order valence-corrected chi connectivity index (χ3v) is 7.92. The smallest absolute Gasteiger partial charge is 0.253 e. The maximum atomic E-state index is 13.4. The number of aromatic amines is 1. The molecule has 1 aliphatic rings. The molecule has 1 fully saturated rings. The Morgan fingerprint density at radius 2 is 1.86 bits per heavy atom. The predicted molar refractivity (Wildman–Crippen MR) is 173 cm³/mol. The quantitative estimate of drug-likeness (QED) is 0.204. The lowest BCUT2D eigenvalue weighted by atomic mass is 10.0. The summed E-state index contributed by atoms with van der Waals surface area (Å²) in [6.45, 7) is 7.23. The van der Waals surface area contributed by atoms with Crippen LogP contribution in [0, 0.1) is 0 Å². The Bertz CT molecular complexity index is 1630. The number of amides is 1. The van der Waals surface area contributed by atoms with Gasteiger partial charge >= 0.3 is 0 Å². The maximum absolute atomic E-state index is 13.4. The van der Waals surface area contributed by atoms with Crippen LogP contribution in [0.5, 0.6) is 11.5 Å². The summed E-state index contributed by atoms with van der Waals surface area (Å²) in [5.41, 5.74) is 6.40. The zero-order valence-electron chi connectivity index (χ0n) is 25.6. The van der Waals surface area contributed by atoms with Crippen LogP contribution in [0.3, 0.4) is 0 Å². The summed E-state index contributed by atoms with van der Waals surface area (Å²) in [6, 6.07) is 16.2. The summed E-state index contributed by atoms with van der Waals surface area (Å²) in [6.07, 6.45) is 7.19. The molecule has 9 nitrogen and oxygen atoms in total. The zero-order valence-corrected chi connectivity index (χ0v) is 25.6. The molecule has 1 atom stereocenters. The molecule has 2 N–H and O–H groups in total. The molecule has 1 amide bonds. The second-order valence-electron chi connectivity index (χ2n) is 10.9. The Kier molecular flexibility index (Phi) is 9.54. The van der Waals surface area contributed by atoms with Crippen LogP contribution in [-0.4, -0.2) is 86.4 Å². The summed E-state index contributed by atoms with van der Waals surface area (Å²) < 4.78 is 10.8. The third kappa shape index (κ3) is 7.13. The summed E-state index contributed by atoms with van der Waals surface area (Å²) in [7, 11) is 7.02. The van der Waals surface area contributed by atoms with Crippen molar-refractivity contribution in [3.8, 4) is 22.6 Å². The molecule has 1 saturated heterocycles. The first-order valence-electron chi connectivity index (χ1n) is 14.5. The fraction of sp³-hybridized carbons (Fsp3) is 0.324. The number of hydrogen-bond donors (Lipinski definition) is 2. The lowest BCUT2D eigenvalue weighted by Crippen LogP contribution is -2.43. The summed E-state index contributed by atoms with van der Waals surface area (Å²) >= 11 is 0. The number of piperazine rings is 1. The molecule has 2 aromatic heterocycles. The number of methoxy groups -OCH3 is 2. The molecular formula is C34H40N6O3. The van der Waals surface area contributed by atoms with Gasteiger partial charge in [0.05, 0.1) is 25.8 Å². The lowest BCUT2D eigenvalue weighted by molar-refractivity contribution is -0.117. The van der Waals surface area contributed by atoms with Gasteiger partial charge in [-0.25, -0.2) is 4.98 Å². The van der Waals surface area contributed by atoms with Gasteiger partial charge in [-0.1, -0.05) is 24.3 Å². The summed E-state index contributed by atoms with van der Waals surface area (Å²) in [5, 5.41) is 4.02. The molecule has 1 aliphatic heterocycles. The van der Waals surface area contributed by atoms with Gasteiger partial charge in [-0.3, -0.25) is 14.7 Å². The molecule has 43 heavy (non-hydrogen) atoms. The van der Waals surface area contributed by atoms with E-state index in [1.54, 1.807) is 27.5 Å². The van der Waals surface area contributed by atoms with Crippen molar-refractivity contribution in [1.29, 1.82) is 0 Å². The number of fused-ring (bicyclic) bond motifs is 1. The van der Waals surface area contributed by atoms with Gasteiger partial charge in [-0.15, -0.1) is 0 Å². The Labute approximate surface area is 253 Å². The van der Waals surface area contributed by atoms with E-state index in [9.17, 15) is 4.79 Å². The molecule has 9 heteroatoms. The van der Waals surface area contributed by atoms with Crippen LogP contribution in [0.15, 0.2) is 71.5 Å². The third-order valence-electron chi connectivity index (χ3n) is 7.92. The highest BCUT2D eigenvalue weighted by molar-refractivity contribution is 6.16. The molecular weight excluding hydrogens is 540 g/mol.